The topological polar surface area (TPSA) is 79.4 Å². The van der Waals surface area contributed by atoms with E-state index in [1.807, 2.05) is 13.8 Å². The zero-order valence-electron chi connectivity index (χ0n) is 14.0. The van der Waals surface area contributed by atoms with Gasteiger partial charge in [0, 0.05) is 39.3 Å². The van der Waals surface area contributed by atoms with Crippen LogP contribution in [0, 0.1) is 0 Å². The van der Waals surface area contributed by atoms with Crippen LogP contribution in [0.5, 0.6) is 0 Å². The molecule has 0 aromatic carbocycles. The fraction of sp³-hybridized carbons (Fsp3) is 0.800. The molecule has 2 aliphatic rings. The Labute approximate surface area is 136 Å². The van der Waals surface area contributed by atoms with Crippen LogP contribution in [-0.2, 0) is 19.1 Å². The van der Waals surface area contributed by atoms with Crippen LogP contribution >= 0.6 is 0 Å². The van der Waals surface area contributed by atoms with Gasteiger partial charge in [-0.1, -0.05) is 0 Å². The van der Waals surface area contributed by atoms with Crippen LogP contribution in [0.2, 0.25) is 0 Å². The Balaban J connectivity index is 1.87. The summed E-state index contributed by atoms with van der Waals surface area (Å²) in [7, 11) is 0. The Hall–Kier alpha value is -1.83. The van der Waals surface area contributed by atoms with Gasteiger partial charge in [0.15, 0.2) is 0 Å². The molecule has 2 unspecified atom stereocenters. The van der Waals surface area contributed by atoms with E-state index in [2.05, 4.69) is 0 Å². The zero-order chi connectivity index (χ0) is 17.0. The molecule has 0 aromatic rings. The largest absolute Gasteiger partial charge is 0.450 e. The fourth-order valence-electron chi connectivity index (χ4n) is 2.92. The first-order valence-corrected chi connectivity index (χ1v) is 8.07. The van der Waals surface area contributed by atoms with Crippen LogP contribution in [0.1, 0.15) is 20.8 Å². The molecular formula is C15H25N3O5. The van der Waals surface area contributed by atoms with E-state index in [0.717, 1.165) is 0 Å². The number of hydrogen-bond donors (Lipinski definition) is 0. The quantitative estimate of drug-likeness (QED) is 0.630. The lowest BCUT2D eigenvalue weighted by atomic mass is 10.2. The number of rotatable bonds is 1. The van der Waals surface area contributed by atoms with E-state index in [9.17, 15) is 14.4 Å². The van der Waals surface area contributed by atoms with E-state index in [4.69, 9.17) is 9.47 Å². The maximum atomic E-state index is 12.4. The molecule has 8 nitrogen and oxygen atoms in total. The summed E-state index contributed by atoms with van der Waals surface area (Å²) in [6.45, 7) is 8.16. The van der Waals surface area contributed by atoms with Crippen LogP contribution in [0.4, 0.5) is 4.79 Å². The van der Waals surface area contributed by atoms with E-state index in [1.165, 1.54) is 4.90 Å². The number of ether oxygens (including phenoxy) is 2. The van der Waals surface area contributed by atoms with Crippen molar-refractivity contribution in [3.63, 3.8) is 0 Å². The van der Waals surface area contributed by atoms with Crippen molar-refractivity contribution in [3.05, 3.63) is 0 Å². The number of hydrogen-bond acceptors (Lipinski definition) is 5. The minimum Gasteiger partial charge on any atom is -0.450 e. The van der Waals surface area contributed by atoms with Gasteiger partial charge in [-0.15, -0.1) is 0 Å². The lowest BCUT2D eigenvalue weighted by molar-refractivity contribution is -0.159. The Morgan fingerprint density at radius 1 is 0.913 bits per heavy atom. The number of nitrogens with zero attached hydrogens (tertiary/aromatic N) is 3. The molecule has 0 N–H and O–H groups in total. The molecule has 8 heteroatoms. The highest BCUT2D eigenvalue weighted by Crippen LogP contribution is 2.12. The van der Waals surface area contributed by atoms with Crippen LogP contribution < -0.4 is 0 Å². The molecule has 3 amide bonds. The molecule has 2 atom stereocenters. The first-order chi connectivity index (χ1) is 10.9. The van der Waals surface area contributed by atoms with Gasteiger partial charge in [0.25, 0.3) is 0 Å². The third-order valence-corrected chi connectivity index (χ3v) is 3.98. The first-order valence-electron chi connectivity index (χ1n) is 8.07. The SMILES string of the molecule is CCOC(=O)N1CCN(C(=O)C(=O)N2CC(C)OC(C)C2)CC1. The molecular weight excluding hydrogens is 302 g/mol. The maximum Gasteiger partial charge on any atom is 0.409 e. The lowest BCUT2D eigenvalue weighted by Gasteiger charge is -2.37. The van der Waals surface area contributed by atoms with Gasteiger partial charge in [-0.3, -0.25) is 9.59 Å². The summed E-state index contributed by atoms with van der Waals surface area (Å²) in [5.74, 6) is -0.994. The van der Waals surface area contributed by atoms with E-state index in [-0.39, 0.29) is 18.3 Å². The molecule has 0 aliphatic carbocycles. The summed E-state index contributed by atoms with van der Waals surface area (Å²) in [5, 5.41) is 0. The van der Waals surface area contributed by atoms with Gasteiger partial charge in [-0.25, -0.2) is 4.79 Å². The Kier molecular flexibility index (Phi) is 5.81. The van der Waals surface area contributed by atoms with Crippen LogP contribution in [0.3, 0.4) is 0 Å². The summed E-state index contributed by atoms with van der Waals surface area (Å²) in [6, 6.07) is 0. The second-order valence-corrected chi connectivity index (χ2v) is 5.95. The van der Waals surface area contributed by atoms with Crippen molar-refractivity contribution in [2.24, 2.45) is 0 Å². The second-order valence-electron chi connectivity index (χ2n) is 5.95. The highest BCUT2D eigenvalue weighted by Gasteiger charge is 2.34. The monoisotopic (exact) mass is 327 g/mol. The van der Waals surface area contributed by atoms with Crippen molar-refractivity contribution in [3.8, 4) is 0 Å². The van der Waals surface area contributed by atoms with Gasteiger partial charge in [-0.05, 0) is 20.8 Å². The zero-order valence-corrected chi connectivity index (χ0v) is 14.0. The lowest BCUT2D eigenvalue weighted by Crippen LogP contribution is -2.57. The number of carbonyl (C=O) groups is 3. The van der Waals surface area contributed by atoms with Crippen molar-refractivity contribution >= 4 is 17.9 Å². The number of carbonyl (C=O) groups excluding carboxylic acids is 3. The van der Waals surface area contributed by atoms with E-state index >= 15 is 0 Å². The highest BCUT2D eigenvalue weighted by atomic mass is 16.6. The van der Waals surface area contributed by atoms with Crippen molar-refractivity contribution in [2.45, 2.75) is 33.0 Å². The summed E-state index contributed by atoms with van der Waals surface area (Å²) >= 11 is 0. The average molecular weight is 327 g/mol. The molecule has 130 valence electrons. The molecule has 2 rings (SSSR count). The van der Waals surface area contributed by atoms with Crippen molar-refractivity contribution in [2.75, 3.05) is 45.9 Å². The predicted molar refractivity (Wildman–Crippen MR) is 81.8 cm³/mol. The summed E-state index contributed by atoms with van der Waals surface area (Å²) < 4.78 is 10.5. The van der Waals surface area contributed by atoms with Crippen LogP contribution in [0.25, 0.3) is 0 Å². The molecule has 0 saturated carbocycles. The minimum atomic E-state index is -0.505. The van der Waals surface area contributed by atoms with Gasteiger partial charge >= 0.3 is 17.9 Å². The molecule has 0 aromatic heterocycles. The summed E-state index contributed by atoms with van der Waals surface area (Å²) in [6.07, 6.45) is -0.519. The average Bonchev–Trinajstić information content (AvgIpc) is 2.53. The molecule has 2 heterocycles. The molecule has 23 heavy (non-hydrogen) atoms. The first kappa shape index (κ1) is 17.5. The third-order valence-electron chi connectivity index (χ3n) is 3.98. The predicted octanol–water partition coefficient (Wildman–Crippen LogP) is -0.0771. The standard InChI is InChI=1S/C15H25N3O5/c1-4-22-15(21)17-7-5-16(6-8-17)13(19)14(20)18-9-11(2)23-12(3)10-18/h11-12H,4-10H2,1-3H3. The van der Waals surface area contributed by atoms with E-state index < -0.39 is 11.8 Å². The van der Waals surface area contributed by atoms with Gasteiger partial charge < -0.3 is 24.2 Å². The summed E-state index contributed by atoms with van der Waals surface area (Å²) in [5.41, 5.74) is 0. The maximum absolute atomic E-state index is 12.4. The molecule has 2 fully saturated rings. The van der Waals surface area contributed by atoms with Crippen LogP contribution in [-0.4, -0.2) is 90.7 Å². The van der Waals surface area contributed by atoms with E-state index in [1.54, 1.807) is 16.7 Å². The van der Waals surface area contributed by atoms with E-state index in [0.29, 0.717) is 45.9 Å². The molecule has 0 bridgehead atoms. The van der Waals surface area contributed by atoms with Gasteiger partial charge in [0.05, 0.1) is 18.8 Å². The van der Waals surface area contributed by atoms with Crippen LogP contribution in [0.15, 0.2) is 0 Å². The Bertz CT molecular complexity index is 452. The molecule has 2 aliphatic heterocycles. The molecule has 0 spiro atoms. The van der Waals surface area contributed by atoms with Crippen molar-refractivity contribution in [1.29, 1.82) is 0 Å². The second kappa shape index (κ2) is 7.63. The molecule has 2 saturated heterocycles. The fourth-order valence-corrected chi connectivity index (χ4v) is 2.92. The van der Waals surface area contributed by atoms with Gasteiger partial charge in [0.2, 0.25) is 0 Å². The van der Waals surface area contributed by atoms with Gasteiger partial charge in [0.1, 0.15) is 0 Å². The number of piperazine rings is 1. The third kappa shape index (κ3) is 4.34. The molecule has 0 radical (unpaired) electrons. The highest BCUT2D eigenvalue weighted by molar-refractivity contribution is 6.35. The minimum absolute atomic E-state index is 0.0730. The normalized spacial score (nSPS) is 25.3. The Morgan fingerprint density at radius 2 is 1.39 bits per heavy atom. The summed E-state index contributed by atoms with van der Waals surface area (Å²) in [4.78, 5) is 41.0. The van der Waals surface area contributed by atoms with Crippen molar-refractivity contribution < 1.29 is 23.9 Å². The van der Waals surface area contributed by atoms with Crippen molar-refractivity contribution in [1.82, 2.24) is 14.7 Å². The smallest absolute Gasteiger partial charge is 0.409 e. The van der Waals surface area contributed by atoms with Gasteiger partial charge in [-0.2, -0.15) is 0 Å². The number of amides is 3. The number of morpholine rings is 1. The Morgan fingerprint density at radius 3 is 1.91 bits per heavy atom.